The lowest BCUT2D eigenvalue weighted by Gasteiger charge is -2.19. The standard InChI is InChI=1S/C15H23N3O3/c1-9(2)6-11(7-12(19)20)8-18-15-13(14(16)21)10(3)4-5-17-15/h4-5,9,11H,6-8H2,1-3H3,(H2,16,21)(H,17,18)(H,19,20). The van der Waals surface area contributed by atoms with Crippen LogP contribution < -0.4 is 11.1 Å². The molecule has 0 aliphatic carbocycles. The van der Waals surface area contributed by atoms with Gasteiger partial charge in [0.2, 0.25) is 0 Å². The highest BCUT2D eigenvalue weighted by Gasteiger charge is 2.17. The van der Waals surface area contributed by atoms with E-state index >= 15 is 0 Å². The Hall–Kier alpha value is -2.11. The molecule has 21 heavy (non-hydrogen) atoms. The molecule has 1 amide bonds. The molecule has 6 nitrogen and oxygen atoms in total. The first-order valence-corrected chi connectivity index (χ1v) is 7.02. The first kappa shape index (κ1) is 16.9. The SMILES string of the molecule is Cc1ccnc(NCC(CC(=O)O)CC(C)C)c1C(N)=O. The normalized spacial score (nSPS) is 12.2. The van der Waals surface area contributed by atoms with Gasteiger partial charge < -0.3 is 16.2 Å². The summed E-state index contributed by atoms with van der Waals surface area (Å²) < 4.78 is 0. The Kier molecular flexibility index (Phi) is 6.14. The minimum Gasteiger partial charge on any atom is -0.481 e. The van der Waals surface area contributed by atoms with Crippen LogP contribution in [0.2, 0.25) is 0 Å². The molecular weight excluding hydrogens is 270 g/mol. The summed E-state index contributed by atoms with van der Waals surface area (Å²) >= 11 is 0. The van der Waals surface area contributed by atoms with E-state index in [4.69, 9.17) is 10.8 Å². The molecule has 1 aromatic heterocycles. The predicted octanol–water partition coefficient (Wildman–Crippen LogP) is 2.04. The van der Waals surface area contributed by atoms with Gasteiger partial charge in [0.25, 0.3) is 5.91 Å². The lowest BCUT2D eigenvalue weighted by atomic mass is 9.94. The van der Waals surface area contributed by atoms with E-state index in [1.807, 2.05) is 0 Å². The summed E-state index contributed by atoms with van der Waals surface area (Å²) in [6.45, 7) is 6.33. The van der Waals surface area contributed by atoms with Crippen LogP contribution in [-0.2, 0) is 4.79 Å². The smallest absolute Gasteiger partial charge is 0.303 e. The Labute approximate surface area is 124 Å². The van der Waals surface area contributed by atoms with Gasteiger partial charge in [-0.1, -0.05) is 13.8 Å². The fraction of sp³-hybridized carbons (Fsp3) is 0.533. The number of carboxylic acid groups (broad SMARTS) is 1. The molecule has 0 spiro atoms. The van der Waals surface area contributed by atoms with E-state index < -0.39 is 11.9 Å². The first-order valence-electron chi connectivity index (χ1n) is 7.02. The average molecular weight is 293 g/mol. The molecule has 1 atom stereocenters. The first-order chi connectivity index (χ1) is 9.81. The van der Waals surface area contributed by atoms with E-state index in [0.717, 1.165) is 12.0 Å². The Morgan fingerprint density at radius 2 is 2.10 bits per heavy atom. The Morgan fingerprint density at radius 3 is 2.62 bits per heavy atom. The van der Waals surface area contributed by atoms with Crippen LogP contribution in [0.3, 0.4) is 0 Å². The number of anilines is 1. The van der Waals surface area contributed by atoms with Gasteiger partial charge in [0.1, 0.15) is 5.82 Å². The number of rotatable bonds is 8. The Balaban J connectivity index is 2.82. The van der Waals surface area contributed by atoms with Crippen molar-refractivity contribution in [2.45, 2.75) is 33.6 Å². The quantitative estimate of drug-likeness (QED) is 0.680. The number of aryl methyl sites for hydroxylation is 1. The van der Waals surface area contributed by atoms with Crippen molar-refractivity contribution in [1.82, 2.24) is 4.98 Å². The molecule has 0 aliphatic heterocycles. The van der Waals surface area contributed by atoms with Crippen molar-refractivity contribution in [1.29, 1.82) is 0 Å². The van der Waals surface area contributed by atoms with Crippen LogP contribution in [0.5, 0.6) is 0 Å². The van der Waals surface area contributed by atoms with Gasteiger partial charge in [-0.25, -0.2) is 4.98 Å². The van der Waals surface area contributed by atoms with Gasteiger partial charge in [-0.3, -0.25) is 9.59 Å². The minimum absolute atomic E-state index is 0.0226. The molecule has 0 fully saturated rings. The third-order valence-corrected chi connectivity index (χ3v) is 3.23. The minimum atomic E-state index is -0.824. The van der Waals surface area contributed by atoms with Gasteiger partial charge in [0.05, 0.1) is 5.56 Å². The summed E-state index contributed by atoms with van der Waals surface area (Å²) in [6.07, 6.45) is 2.47. The summed E-state index contributed by atoms with van der Waals surface area (Å²) in [7, 11) is 0. The van der Waals surface area contributed by atoms with Gasteiger partial charge in [-0.05, 0) is 36.8 Å². The molecule has 1 unspecified atom stereocenters. The third-order valence-electron chi connectivity index (χ3n) is 3.23. The molecule has 116 valence electrons. The van der Waals surface area contributed by atoms with Gasteiger partial charge in [-0.2, -0.15) is 0 Å². The number of primary amides is 1. The summed E-state index contributed by atoms with van der Waals surface area (Å²) in [4.78, 5) is 26.5. The number of carbonyl (C=O) groups excluding carboxylic acids is 1. The van der Waals surface area contributed by atoms with E-state index in [0.29, 0.717) is 23.8 Å². The molecular formula is C15H23N3O3. The highest BCUT2D eigenvalue weighted by molar-refractivity contribution is 5.98. The van der Waals surface area contributed by atoms with E-state index in [2.05, 4.69) is 24.1 Å². The van der Waals surface area contributed by atoms with Crippen LogP contribution in [0.1, 0.15) is 42.6 Å². The number of nitrogens with zero attached hydrogens (tertiary/aromatic N) is 1. The molecule has 1 aromatic rings. The van der Waals surface area contributed by atoms with Crippen LogP contribution in [0.25, 0.3) is 0 Å². The zero-order valence-corrected chi connectivity index (χ0v) is 12.7. The van der Waals surface area contributed by atoms with Crippen molar-refractivity contribution >= 4 is 17.7 Å². The van der Waals surface area contributed by atoms with Crippen molar-refractivity contribution in [2.24, 2.45) is 17.6 Å². The van der Waals surface area contributed by atoms with Crippen molar-refractivity contribution in [3.05, 3.63) is 23.4 Å². The second-order valence-electron chi connectivity index (χ2n) is 5.69. The molecule has 4 N–H and O–H groups in total. The second-order valence-corrected chi connectivity index (χ2v) is 5.69. The van der Waals surface area contributed by atoms with E-state index in [-0.39, 0.29) is 12.3 Å². The Bertz CT molecular complexity index is 515. The molecule has 1 rings (SSSR count). The van der Waals surface area contributed by atoms with Crippen LogP contribution >= 0.6 is 0 Å². The molecule has 0 saturated heterocycles. The third kappa shape index (κ3) is 5.41. The number of hydrogen-bond acceptors (Lipinski definition) is 4. The molecule has 0 saturated carbocycles. The van der Waals surface area contributed by atoms with Crippen molar-refractivity contribution < 1.29 is 14.7 Å². The van der Waals surface area contributed by atoms with Crippen molar-refractivity contribution in [3.63, 3.8) is 0 Å². The van der Waals surface area contributed by atoms with Gasteiger partial charge >= 0.3 is 5.97 Å². The van der Waals surface area contributed by atoms with Gasteiger partial charge in [0, 0.05) is 19.2 Å². The number of carboxylic acids is 1. The molecule has 1 heterocycles. The van der Waals surface area contributed by atoms with Crippen LogP contribution in [0.15, 0.2) is 12.3 Å². The highest BCUT2D eigenvalue weighted by atomic mass is 16.4. The number of carbonyl (C=O) groups is 2. The second kappa shape index (κ2) is 7.61. The van der Waals surface area contributed by atoms with E-state index in [1.54, 1.807) is 19.2 Å². The monoisotopic (exact) mass is 293 g/mol. The number of aliphatic carboxylic acids is 1. The lowest BCUT2D eigenvalue weighted by molar-refractivity contribution is -0.138. The van der Waals surface area contributed by atoms with Gasteiger partial charge in [-0.15, -0.1) is 0 Å². The fourth-order valence-corrected chi connectivity index (χ4v) is 2.40. The number of hydrogen-bond donors (Lipinski definition) is 3. The largest absolute Gasteiger partial charge is 0.481 e. The van der Waals surface area contributed by atoms with E-state index in [1.165, 1.54) is 0 Å². The van der Waals surface area contributed by atoms with Crippen LogP contribution in [0, 0.1) is 18.8 Å². The number of nitrogens with two attached hydrogens (primary N) is 1. The molecule has 6 heteroatoms. The van der Waals surface area contributed by atoms with Crippen LogP contribution in [-0.4, -0.2) is 28.5 Å². The molecule has 0 aromatic carbocycles. The van der Waals surface area contributed by atoms with Crippen LogP contribution in [0.4, 0.5) is 5.82 Å². The predicted molar refractivity (Wildman–Crippen MR) is 81.2 cm³/mol. The summed E-state index contributed by atoms with van der Waals surface area (Å²) in [5.41, 5.74) is 6.48. The zero-order valence-electron chi connectivity index (χ0n) is 12.7. The number of amides is 1. The average Bonchev–Trinajstić information content (AvgIpc) is 2.34. The highest BCUT2D eigenvalue weighted by Crippen LogP contribution is 2.19. The zero-order chi connectivity index (χ0) is 16.0. The lowest BCUT2D eigenvalue weighted by Crippen LogP contribution is -2.23. The summed E-state index contributed by atoms with van der Waals surface area (Å²) in [6, 6.07) is 1.72. The molecule has 0 bridgehead atoms. The van der Waals surface area contributed by atoms with Gasteiger partial charge in [0.15, 0.2) is 0 Å². The maximum atomic E-state index is 11.5. The fourth-order valence-electron chi connectivity index (χ4n) is 2.40. The Morgan fingerprint density at radius 1 is 1.43 bits per heavy atom. The van der Waals surface area contributed by atoms with Crippen molar-refractivity contribution in [2.75, 3.05) is 11.9 Å². The number of aromatic nitrogens is 1. The topological polar surface area (TPSA) is 105 Å². The van der Waals surface area contributed by atoms with E-state index in [9.17, 15) is 9.59 Å². The number of nitrogens with one attached hydrogen (secondary N) is 1. The summed E-state index contributed by atoms with van der Waals surface area (Å²) in [5.74, 6) is -0.569. The maximum Gasteiger partial charge on any atom is 0.303 e. The summed E-state index contributed by atoms with van der Waals surface area (Å²) in [5, 5.41) is 12.0. The number of pyridine rings is 1. The molecule has 0 aliphatic rings. The van der Waals surface area contributed by atoms with Crippen molar-refractivity contribution in [3.8, 4) is 0 Å². The maximum absolute atomic E-state index is 11.5. The molecule has 0 radical (unpaired) electrons.